The average Bonchev–Trinajstić information content (AvgIpc) is 3.20. The van der Waals surface area contributed by atoms with Gasteiger partial charge < -0.3 is 19.7 Å². The summed E-state index contributed by atoms with van der Waals surface area (Å²) in [6.45, 7) is 1.89. The number of carbonyl (C=O) groups is 3. The van der Waals surface area contributed by atoms with E-state index in [0.717, 1.165) is 11.1 Å². The summed E-state index contributed by atoms with van der Waals surface area (Å²) in [5.74, 6) is -2.65. The second-order valence-electron chi connectivity index (χ2n) is 8.37. The van der Waals surface area contributed by atoms with Crippen molar-refractivity contribution >= 4 is 17.8 Å². The lowest BCUT2D eigenvalue weighted by molar-refractivity contribution is -0.141. The minimum absolute atomic E-state index is 0.0357. The van der Waals surface area contributed by atoms with Crippen LogP contribution in [-0.4, -0.2) is 43.0 Å². The molecule has 0 aliphatic carbocycles. The van der Waals surface area contributed by atoms with Crippen LogP contribution >= 0.6 is 0 Å². The summed E-state index contributed by atoms with van der Waals surface area (Å²) in [7, 11) is 2.42. The van der Waals surface area contributed by atoms with Crippen molar-refractivity contribution in [3.63, 3.8) is 0 Å². The van der Waals surface area contributed by atoms with E-state index in [2.05, 4.69) is 11.4 Å². The first-order valence-corrected chi connectivity index (χ1v) is 11.2. The molecule has 8 heteroatoms. The number of amides is 1. The summed E-state index contributed by atoms with van der Waals surface area (Å²) < 4.78 is 10.1. The van der Waals surface area contributed by atoms with Crippen LogP contribution in [0.3, 0.4) is 0 Å². The number of rotatable bonds is 6. The number of aryl methyl sites for hydroxylation is 2. The molecule has 0 spiro atoms. The maximum absolute atomic E-state index is 13.1. The number of methoxy groups -OCH3 is 2. The molecule has 178 valence electrons. The molecule has 2 aliphatic heterocycles. The van der Waals surface area contributed by atoms with Crippen molar-refractivity contribution < 1.29 is 23.9 Å². The molecular weight excluding hydrogens is 446 g/mol. The Morgan fingerprint density at radius 2 is 1.77 bits per heavy atom. The molecule has 4 rings (SSSR count). The van der Waals surface area contributed by atoms with E-state index >= 15 is 0 Å². The van der Waals surface area contributed by atoms with Gasteiger partial charge in [0.1, 0.15) is 17.6 Å². The number of nitriles is 1. The Kier molecular flexibility index (Phi) is 6.69. The monoisotopic (exact) mass is 471 g/mol. The van der Waals surface area contributed by atoms with Crippen LogP contribution < -0.4 is 5.32 Å². The minimum atomic E-state index is -0.916. The Morgan fingerprint density at radius 3 is 2.40 bits per heavy atom. The number of benzene rings is 2. The molecule has 0 radical (unpaired) electrons. The van der Waals surface area contributed by atoms with E-state index < -0.39 is 23.9 Å². The highest BCUT2D eigenvalue weighted by atomic mass is 16.5. The SMILES string of the molecule is COC(=O)C1=C(C(=O)OC)N2C(=C(C#N)C1c1cccc(C)c1)NC(=O)C2CCc1ccccc1. The Morgan fingerprint density at radius 1 is 1.06 bits per heavy atom. The van der Waals surface area contributed by atoms with Crippen molar-refractivity contribution in [2.75, 3.05) is 14.2 Å². The molecule has 2 heterocycles. The third-order valence-corrected chi connectivity index (χ3v) is 6.25. The molecule has 1 amide bonds. The Hall–Kier alpha value is -4.38. The van der Waals surface area contributed by atoms with Crippen molar-refractivity contribution in [2.24, 2.45) is 0 Å². The van der Waals surface area contributed by atoms with Gasteiger partial charge in [0.2, 0.25) is 5.91 Å². The van der Waals surface area contributed by atoms with E-state index in [1.54, 1.807) is 12.1 Å². The number of hydrogen-bond acceptors (Lipinski definition) is 7. The van der Waals surface area contributed by atoms with Gasteiger partial charge in [-0.2, -0.15) is 5.26 Å². The van der Waals surface area contributed by atoms with Crippen LogP contribution in [-0.2, 0) is 30.3 Å². The molecule has 1 fully saturated rings. The Balaban J connectivity index is 1.91. The summed E-state index contributed by atoms with van der Waals surface area (Å²) in [5, 5.41) is 13.0. The predicted octanol–water partition coefficient (Wildman–Crippen LogP) is 2.86. The van der Waals surface area contributed by atoms with Crippen molar-refractivity contribution in [3.8, 4) is 6.07 Å². The highest BCUT2D eigenvalue weighted by Gasteiger charge is 2.50. The number of esters is 2. The summed E-state index contributed by atoms with van der Waals surface area (Å²) in [6.07, 6.45) is 0.899. The lowest BCUT2D eigenvalue weighted by Crippen LogP contribution is -2.41. The number of nitrogens with one attached hydrogen (secondary N) is 1. The average molecular weight is 472 g/mol. The van der Waals surface area contributed by atoms with E-state index in [4.69, 9.17) is 9.47 Å². The van der Waals surface area contributed by atoms with Crippen molar-refractivity contribution in [1.82, 2.24) is 10.2 Å². The van der Waals surface area contributed by atoms with Gasteiger partial charge in [-0.25, -0.2) is 9.59 Å². The van der Waals surface area contributed by atoms with E-state index in [-0.39, 0.29) is 28.6 Å². The zero-order chi connectivity index (χ0) is 25.1. The molecule has 0 aromatic heterocycles. The predicted molar refractivity (Wildman–Crippen MR) is 126 cm³/mol. The fourth-order valence-corrected chi connectivity index (χ4v) is 4.68. The van der Waals surface area contributed by atoms with Crippen LogP contribution in [0, 0.1) is 18.3 Å². The molecule has 2 unspecified atom stereocenters. The van der Waals surface area contributed by atoms with Gasteiger partial charge in [-0.15, -0.1) is 0 Å². The van der Waals surface area contributed by atoms with Gasteiger partial charge in [0.05, 0.1) is 37.4 Å². The molecule has 2 aliphatic rings. The normalized spacial score (nSPS) is 19.1. The summed E-state index contributed by atoms with van der Waals surface area (Å²) >= 11 is 0. The van der Waals surface area contributed by atoms with Gasteiger partial charge in [-0.1, -0.05) is 60.2 Å². The van der Waals surface area contributed by atoms with Gasteiger partial charge in [0, 0.05) is 0 Å². The highest BCUT2D eigenvalue weighted by molar-refractivity contribution is 6.04. The molecule has 35 heavy (non-hydrogen) atoms. The van der Waals surface area contributed by atoms with E-state index in [1.807, 2.05) is 49.4 Å². The van der Waals surface area contributed by atoms with Gasteiger partial charge in [-0.3, -0.25) is 4.79 Å². The molecule has 0 saturated carbocycles. The largest absolute Gasteiger partial charge is 0.466 e. The Bertz CT molecular complexity index is 1290. The fraction of sp³-hybridized carbons (Fsp3) is 0.259. The molecule has 0 bridgehead atoms. The molecule has 1 N–H and O–H groups in total. The van der Waals surface area contributed by atoms with Crippen LogP contribution in [0.15, 0.2) is 77.3 Å². The molecule has 8 nitrogen and oxygen atoms in total. The van der Waals surface area contributed by atoms with Gasteiger partial charge >= 0.3 is 11.9 Å². The number of fused-ring (bicyclic) bond motifs is 1. The standard InChI is InChI=1S/C27H25N3O5/c1-16-8-7-11-18(14-16)21-19(15-28)24-29-25(31)20(13-12-17-9-5-4-6-10-17)30(24)23(27(33)35-3)22(21)26(32)34-2/h4-11,14,20-21H,12-13H2,1-3H3,(H,29,31). The van der Waals surface area contributed by atoms with Gasteiger partial charge in [-0.05, 0) is 30.9 Å². The van der Waals surface area contributed by atoms with E-state index in [0.29, 0.717) is 18.4 Å². The lowest BCUT2D eigenvalue weighted by Gasteiger charge is -2.35. The second-order valence-corrected chi connectivity index (χ2v) is 8.37. The second kappa shape index (κ2) is 9.85. The van der Waals surface area contributed by atoms with Crippen LogP contribution in [0.5, 0.6) is 0 Å². The first-order chi connectivity index (χ1) is 16.9. The maximum atomic E-state index is 13.1. The topological polar surface area (TPSA) is 109 Å². The van der Waals surface area contributed by atoms with Crippen molar-refractivity contribution in [1.29, 1.82) is 5.26 Å². The first-order valence-electron chi connectivity index (χ1n) is 11.2. The summed E-state index contributed by atoms with van der Waals surface area (Å²) in [6, 6.07) is 18.3. The molecule has 2 aromatic carbocycles. The van der Waals surface area contributed by atoms with Crippen LogP contribution in [0.2, 0.25) is 0 Å². The zero-order valence-corrected chi connectivity index (χ0v) is 19.7. The maximum Gasteiger partial charge on any atom is 0.355 e. The van der Waals surface area contributed by atoms with E-state index in [9.17, 15) is 19.6 Å². The summed E-state index contributed by atoms with van der Waals surface area (Å²) in [5.41, 5.74) is 2.57. The fourth-order valence-electron chi connectivity index (χ4n) is 4.68. The van der Waals surface area contributed by atoms with Crippen LogP contribution in [0.1, 0.15) is 29.0 Å². The first kappa shape index (κ1) is 23.8. The molecule has 1 saturated heterocycles. The third kappa shape index (κ3) is 4.28. The molecule has 2 aromatic rings. The number of allylic oxidation sites excluding steroid dienone is 1. The van der Waals surface area contributed by atoms with Crippen molar-refractivity contribution in [2.45, 2.75) is 31.7 Å². The lowest BCUT2D eigenvalue weighted by atomic mass is 9.80. The smallest absolute Gasteiger partial charge is 0.355 e. The minimum Gasteiger partial charge on any atom is -0.466 e. The number of nitrogens with zero attached hydrogens (tertiary/aromatic N) is 2. The number of hydrogen-bond donors (Lipinski definition) is 1. The van der Waals surface area contributed by atoms with E-state index in [1.165, 1.54) is 19.1 Å². The van der Waals surface area contributed by atoms with Crippen LogP contribution in [0.25, 0.3) is 0 Å². The highest BCUT2D eigenvalue weighted by Crippen LogP contribution is 2.45. The quantitative estimate of drug-likeness (QED) is 0.646. The van der Waals surface area contributed by atoms with Gasteiger partial charge in [0.25, 0.3) is 0 Å². The third-order valence-electron chi connectivity index (χ3n) is 6.25. The Labute approximate surface area is 203 Å². The van der Waals surface area contributed by atoms with Gasteiger partial charge in [0.15, 0.2) is 0 Å². The molecular formula is C27H25N3O5. The number of carbonyl (C=O) groups excluding carboxylic acids is 3. The van der Waals surface area contributed by atoms with Crippen molar-refractivity contribution in [3.05, 3.63) is 94.0 Å². The number of ether oxygens (including phenoxy) is 2. The van der Waals surface area contributed by atoms with Crippen LogP contribution in [0.4, 0.5) is 0 Å². The zero-order valence-electron chi connectivity index (χ0n) is 19.7. The molecule has 2 atom stereocenters. The summed E-state index contributed by atoms with van der Waals surface area (Å²) in [4.78, 5) is 40.8.